The van der Waals surface area contributed by atoms with Crippen molar-refractivity contribution in [1.82, 2.24) is 4.90 Å². The second-order valence-electron chi connectivity index (χ2n) is 5.53. The summed E-state index contributed by atoms with van der Waals surface area (Å²) >= 11 is 1.70. The molecule has 0 bridgehead atoms. The van der Waals surface area contributed by atoms with Gasteiger partial charge in [0.1, 0.15) is 0 Å². The molecule has 0 fully saturated rings. The first-order valence-electron chi connectivity index (χ1n) is 7.23. The van der Waals surface area contributed by atoms with Crippen molar-refractivity contribution in [3.8, 4) is 16.6 Å². The van der Waals surface area contributed by atoms with Gasteiger partial charge in [0.15, 0.2) is 16.6 Å². The van der Waals surface area contributed by atoms with Crippen LogP contribution < -0.4 is 9.47 Å². The van der Waals surface area contributed by atoms with Crippen molar-refractivity contribution in [1.29, 1.82) is 0 Å². The molecule has 4 nitrogen and oxygen atoms in total. The molecule has 2 aliphatic heterocycles. The van der Waals surface area contributed by atoms with Crippen molar-refractivity contribution in [3.63, 3.8) is 0 Å². The Kier molecular flexibility index (Phi) is 3.04. The highest BCUT2D eigenvalue weighted by molar-refractivity contribution is 7.14. The first-order valence-corrected chi connectivity index (χ1v) is 8.05. The van der Waals surface area contributed by atoms with E-state index in [0.717, 1.165) is 30.1 Å². The van der Waals surface area contributed by atoms with Crippen molar-refractivity contribution in [3.05, 3.63) is 39.8 Å². The molecule has 0 saturated heterocycles. The largest absolute Gasteiger partial charge is 0.504 e. The maximum atomic E-state index is 10.1. The third-order valence-corrected chi connectivity index (χ3v) is 5.42. The molecule has 5 heteroatoms. The van der Waals surface area contributed by atoms with Gasteiger partial charge in [-0.05, 0) is 41.8 Å². The van der Waals surface area contributed by atoms with Gasteiger partial charge in [0, 0.05) is 22.7 Å². The molecule has 0 aliphatic carbocycles. The monoisotopic (exact) mass is 315 g/mol. The minimum atomic E-state index is 0.192. The lowest BCUT2D eigenvalue weighted by molar-refractivity contribution is 0.365. The number of rotatable bonds is 2. The molecule has 0 saturated carbocycles. The topological polar surface area (TPSA) is 41.9 Å². The van der Waals surface area contributed by atoms with Gasteiger partial charge < -0.3 is 19.5 Å². The van der Waals surface area contributed by atoms with Crippen LogP contribution in [-0.4, -0.2) is 30.8 Å². The Morgan fingerprint density at radius 1 is 1.18 bits per heavy atom. The van der Waals surface area contributed by atoms with E-state index in [-0.39, 0.29) is 5.75 Å². The SMILES string of the molecule is COc1cc2c(s1)CN1CCc3cc(OC)c(O)cc3C1=C2. The molecule has 0 unspecified atom stereocenters. The molecule has 114 valence electrons. The fourth-order valence-corrected chi connectivity index (χ4v) is 4.15. The number of hydrogen-bond acceptors (Lipinski definition) is 5. The lowest BCUT2D eigenvalue weighted by atomic mass is 9.92. The normalized spacial score (nSPS) is 15.5. The van der Waals surface area contributed by atoms with Crippen LogP contribution >= 0.6 is 11.3 Å². The van der Waals surface area contributed by atoms with Crippen molar-refractivity contribution in [2.24, 2.45) is 0 Å². The number of aromatic hydroxyl groups is 1. The Morgan fingerprint density at radius 2 is 2.05 bits per heavy atom. The van der Waals surface area contributed by atoms with Gasteiger partial charge >= 0.3 is 0 Å². The van der Waals surface area contributed by atoms with Crippen LogP contribution in [0.3, 0.4) is 0 Å². The summed E-state index contributed by atoms with van der Waals surface area (Å²) in [6, 6.07) is 5.86. The van der Waals surface area contributed by atoms with Gasteiger partial charge in [-0.2, -0.15) is 0 Å². The average Bonchev–Trinajstić information content (AvgIpc) is 2.94. The van der Waals surface area contributed by atoms with Crippen LogP contribution in [0.4, 0.5) is 0 Å². The highest BCUT2D eigenvalue weighted by Gasteiger charge is 2.27. The van der Waals surface area contributed by atoms with E-state index in [9.17, 15) is 5.11 Å². The summed E-state index contributed by atoms with van der Waals surface area (Å²) in [5.74, 6) is 0.735. The number of fused-ring (bicyclic) bond motifs is 4. The number of ether oxygens (including phenoxy) is 2. The third kappa shape index (κ3) is 1.96. The minimum Gasteiger partial charge on any atom is -0.504 e. The van der Waals surface area contributed by atoms with Crippen LogP contribution in [0.1, 0.15) is 21.6 Å². The summed E-state index contributed by atoms with van der Waals surface area (Å²) in [5.41, 5.74) is 4.71. The summed E-state index contributed by atoms with van der Waals surface area (Å²) in [6.45, 7) is 1.88. The number of benzene rings is 1. The van der Waals surface area contributed by atoms with Crippen LogP contribution in [0, 0.1) is 0 Å². The molecule has 2 aliphatic rings. The number of nitrogens with zero attached hydrogens (tertiary/aromatic N) is 1. The number of methoxy groups -OCH3 is 2. The third-order valence-electron chi connectivity index (χ3n) is 4.32. The molecular weight excluding hydrogens is 298 g/mol. The molecule has 3 heterocycles. The van der Waals surface area contributed by atoms with Gasteiger partial charge in [0.2, 0.25) is 0 Å². The van der Waals surface area contributed by atoms with Crippen LogP contribution in [0.5, 0.6) is 16.6 Å². The fraction of sp³-hybridized carbons (Fsp3) is 0.294. The van der Waals surface area contributed by atoms with Gasteiger partial charge in [-0.15, -0.1) is 11.3 Å². The van der Waals surface area contributed by atoms with Crippen molar-refractivity contribution < 1.29 is 14.6 Å². The Morgan fingerprint density at radius 3 is 2.82 bits per heavy atom. The minimum absolute atomic E-state index is 0.192. The summed E-state index contributed by atoms with van der Waals surface area (Å²) in [5, 5.41) is 11.0. The number of hydrogen-bond donors (Lipinski definition) is 1. The number of thiophene rings is 1. The van der Waals surface area contributed by atoms with E-state index in [4.69, 9.17) is 9.47 Å². The number of phenols is 1. The van der Waals surface area contributed by atoms with Gasteiger partial charge in [-0.25, -0.2) is 0 Å². The van der Waals surface area contributed by atoms with Gasteiger partial charge in [-0.3, -0.25) is 0 Å². The summed E-state index contributed by atoms with van der Waals surface area (Å²) < 4.78 is 10.6. The summed E-state index contributed by atoms with van der Waals surface area (Å²) in [7, 11) is 3.29. The van der Waals surface area contributed by atoms with Gasteiger partial charge in [0.25, 0.3) is 0 Å². The Balaban J connectivity index is 1.84. The Labute approximate surface area is 133 Å². The molecular formula is C17H17NO3S. The average molecular weight is 315 g/mol. The van der Waals surface area contributed by atoms with Crippen LogP contribution in [0.2, 0.25) is 0 Å². The molecule has 0 radical (unpaired) electrons. The predicted octanol–water partition coefficient (Wildman–Crippen LogP) is 3.34. The van der Waals surface area contributed by atoms with Crippen LogP contribution in [0.25, 0.3) is 11.8 Å². The van der Waals surface area contributed by atoms with E-state index in [2.05, 4.69) is 17.0 Å². The van der Waals surface area contributed by atoms with E-state index < -0.39 is 0 Å². The smallest absolute Gasteiger partial charge is 0.174 e. The zero-order chi connectivity index (χ0) is 15.3. The first-order chi connectivity index (χ1) is 10.7. The van der Waals surface area contributed by atoms with E-state index in [1.54, 1.807) is 25.6 Å². The number of phenolic OH excluding ortho intramolecular Hbond substituents is 1. The van der Waals surface area contributed by atoms with E-state index in [1.165, 1.54) is 21.7 Å². The van der Waals surface area contributed by atoms with Crippen molar-refractivity contribution in [2.75, 3.05) is 20.8 Å². The first kappa shape index (κ1) is 13.5. The second-order valence-corrected chi connectivity index (χ2v) is 6.63. The van der Waals surface area contributed by atoms with Crippen molar-refractivity contribution >= 4 is 23.1 Å². The summed E-state index contributed by atoms with van der Waals surface area (Å²) in [4.78, 5) is 3.70. The van der Waals surface area contributed by atoms with E-state index >= 15 is 0 Å². The predicted molar refractivity (Wildman–Crippen MR) is 87.5 cm³/mol. The van der Waals surface area contributed by atoms with E-state index in [0.29, 0.717) is 5.75 Å². The summed E-state index contributed by atoms with van der Waals surface area (Å²) in [6.07, 6.45) is 3.16. The highest BCUT2D eigenvalue weighted by atomic mass is 32.1. The molecule has 0 amide bonds. The Hall–Kier alpha value is -2.14. The van der Waals surface area contributed by atoms with Crippen LogP contribution in [-0.2, 0) is 13.0 Å². The molecule has 1 aromatic heterocycles. The standard InChI is InChI=1S/C17H17NO3S/c1-20-15-6-10-3-4-18-9-16-11(7-17(21-2)22-16)5-13(18)12(10)8-14(15)19/h5-8,19H,3-4,9H2,1-2H3. The second kappa shape index (κ2) is 4.95. The van der Waals surface area contributed by atoms with Gasteiger partial charge in [-0.1, -0.05) is 0 Å². The lowest BCUT2D eigenvalue weighted by Crippen LogP contribution is -2.30. The Bertz CT molecular complexity index is 778. The fourth-order valence-electron chi connectivity index (χ4n) is 3.18. The molecule has 1 N–H and O–H groups in total. The van der Waals surface area contributed by atoms with Crippen molar-refractivity contribution in [2.45, 2.75) is 13.0 Å². The van der Waals surface area contributed by atoms with Crippen LogP contribution in [0.15, 0.2) is 18.2 Å². The van der Waals surface area contributed by atoms with E-state index in [1.807, 2.05) is 12.1 Å². The maximum absolute atomic E-state index is 10.1. The molecule has 0 spiro atoms. The molecule has 0 atom stereocenters. The quantitative estimate of drug-likeness (QED) is 0.923. The van der Waals surface area contributed by atoms with Gasteiger partial charge in [0.05, 0.1) is 20.8 Å². The highest BCUT2D eigenvalue weighted by Crippen LogP contribution is 2.43. The zero-order valence-electron chi connectivity index (χ0n) is 12.5. The molecule has 22 heavy (non-hydrogen) atoms. The molecule has 2 aromatic rings. The lowest BCUT2D eigenvalue weighted by Gasteiger charge is -2.36. The molecule has 1 aromatic carbocycles. The maximum Gasteiger partial charge on any atom is 0.174 e. The zero-order valence-corrected chi connectivity index (χ0v) is 13.4. The molecule has 4 rings (SSSR count).